The van der Waals surface area contributed by atoms with Gasteiger partial charge in [-0.2, -0.15) is 10.2 Å². The molecule has 0 radical (unpaired) electrons. The Bertz CT molecular complexity index is 834. The van der Waals surface area contributed by atoms with E-state index in [1.165, 1.54) is 12.4 Å². The zero-order valence-corrected chi connectivity index (χ0v) is 19.3. The molecule has 0 saturated heterocycles. The van der Waals surface area contributed by atoms with Crippen molar-refractivity contribution >= 4 is 24.2 Å². The number of hydrogen-bond donors (Lipinski definition) is 2. The largest absolute Gasteiger partial charge is 0.494 e. The quantitative estimate of drug-likeness (QED) is 0.195. The number of benzene rings is 2. The number of unbranched alkanes of at least 4 members (excludes halogenated alkanes) is 2. The first-order valence-electron chi connectivity index (χ1n) is 11.2. The molecule has 0 saturated carbocycles. The summed E-state index contributed by atoms with van der Waals surface area (Å²) in [5.74, 6) is 0.510. The molecule has 2 amide bonds. The molecule has 8 heteroatoms. The Morgan fingerprint density at radius 3 is 1.48 bits per heavy atom. The number of nitrogens with one attached hydrogen (secondary N) is 2. The fraction of sp³-hybridized carbons (Fsp3) is 0.360. The van der Waals surface area contributed by atoms with E-state index in [0.717, 1.165) is 48.3 Å². The van der Waals surface area contributed by atoms with E-state index in [4.69, 9.17) is 9.47 Å². The molecule has 0 unspecified atom stereocenters. The van der Waals surface area contributed by atoms with Gasteiger partial charge in [-0.15, -0.1) is 0 Å². The Labute approximate surface area is 195 Å². The highest BCUT2D eigenvalue weighted by Gasteiger charge is 2.07. The fourth-order valence-corrected chi connectivity index (χ4v) is 2.55. The molecule has 176 valence electrons. The molecule has 2 aromatic rings. The van der Waals surface area contributed by atoms with E-state index in [1.54, 1.807) is 0 Å². The molecule has 0 bridgehead atoms. The van der Waals surface area contributed by atoms with Crippen molar-refractivity contribution in [3.05, 3.63) is 59.7 Å². The number of amides is 2. The first-order valence-corrected chi connectivity index (χ1v) is 11.2. The highest BCUT2D eigenvalue weighted by atomic mass is 16.5. The van der Waals surface area contributed by atoms with Gasteiger partial charge in [-0.3, -0.25) is 9.59 Å². The van der Waals surface area contributed by atoms with Crippen molar-refractivity contribution in [3.8, 4) is 11.5 Å². The van der Waals surface area contributed by atoms with Gasteiger partial charge in [0.2, 0.25) is 11.8 Å². The van der Waals surface area contributed by atoms with Crippen LogP contribution in [0, 0.1) is 0 Å². The first kappa shape index (κ1) is 25.6. The van der Waals surface area contributed by atoms with Gasteiger partial charge in [-0.05, 0) is 72.5 Å². The van der Waals surface area contributed by atoms with Crippen LogP contribution in [0.25, 0.3) is 0 Å². The van der Waals surface area contributed by atoms with Gasteiger partial charge in [0, 0.05) is 0 Å². The van der Waals surface area contributed by atoms with Crippen LogP contribution >= 0.6 is 0 Å². The standard InChI is InChI=1S/C25H32N4O4/c1-3-5-15-32-22-11-7-20(8-12-22)18-26-28-24(30)17-25(31)29-27-19-21-9-13-23(14-10-21)33-16-6-4-2/h7-14,18-19H,3-6,15-17H2,1-2H3,(H,28,30)(H,29,31)/b26-18+,27-19+. The van der Waals surface area contributed by atoms with Gasteiger partial charge in [0.25, 0.3) is 0 Å². The van der Waals surface area contributed by atoms with E-state index in [9.17, 15) is 9.59 Å². The summed E-state index contributed by atoms with van der Waals surface area (Å²) in [5.41, 5.74) is 6.25. The number of rotatable bonds is 14. The van der Waals surface area contributed by atoms with E-state index in [-0.39, 0.29) is 6.42 Å². The van der Waals surface area contributed by atoms with Gasteiger partial charge in [-0.25, -0.2) is 10.9 Å². The van der Waals surface area contributed by atoms with Gasteiger partial charge in [0.05, 0.1) is 25.6 Å². The predicted molar refractivity (Wildman–Crippen MR) is 130 cm³/mol. The predicted octanol–water partition coefficient (Wildman–Crippen LogP) is 4.03. The summed E-state index contributed by atoms with van der Waals surface area (Å²) in [6.07, 6.45) is 6.79. The van der Waals surface area contributed by atoms with Crippen LogP contribution in [0.4, 0.5) is 0 Å². The lowest BCUT2D eigenvalue weighted by molar-refractivity contribution is -0.129. The zero-order valence-electron chi connectivity index (χ0n) is 19.3. The minimum Gasteiger partial charge on any atom is -0.494 e. The molecule has 2 aromatic carbocycles. The molecule has 0 atom stereocenters. The number of hydrazone groups is 2. The van der Waals surface area contributed by atoms with E-state index >= 15 is 0 Å². The van der Waals surface area contributed by atoms with E-state index < -0.39 is 11.8 Å². The number of carbonyl (C=O) groups is 2. The van der Waals surface area contributed by atoms with Gasteiger partial charge in [0.1, 0.15) is 17.9 Å². The molecule has 0 spiro atoms. The van der Waals surface area contributed by atoms with E-state index in [0.29, 0.717) is 13.2 Å². The number of ether oxygens (including phenoxy) is 2. The van der Waals surface area contributed by atoms with Crippen LogP contribution in [-0.4, -0.2) is 37.5 Å². The SMILES string of the molecule is CCCCOc1ccc(/C=N/NC(=O)CC(=O)N/N=C/c2ccc(OCCCC)cc2)cc1. The van der Waals surface area contributed by atoms with Crippen molar-refractivity contribution in [3.63, 3.8) is 0 Å². The average molecular weight is 453 g/mol. The molecule has 0 fully saturated rings. The summed E-state index contributed by atoms with van der Waals surface area (Å²) >= 11 is 0. The third kappa shape index (κ3) is 11.0. The lowest BCUT2D eigenvalue weighted by Crippen LogP contribution is -2.27. The van der Waals surface area contributed by atoms with Gasteiger partial charge in [0.15, 0.2) is 0 Å². The molecule has 2 N–H and O–H groups in total. The van der Waals surface area contributed by atoms with Crippen molar-refractivity contribution in [1.82, 2.24) is 10.9 Å². The number of carbonyl (C=O) groups excluding carboxylic acids is 2. The molecule has 0 heterocycles. The summed E-state index contributed by atoms with van der Waals surface area (Å²) < 4.78 is 11.2. The summed E-state index contributed by atoms with van der Waals surface area (Å²) in [4.78, 5) is 23.7. The molecule has 0 aliphatic rings. The Morgan fingerprint density at radius 1 is 0.727 bits per heavy atom. The Kier molecular flexibility index (Phi) is 11.8. The molecule has 0 aliphatic carbocycles. The van der Waals surface area contributed by atoms with Crippen LogP contribution < -0.4 is 20.3 Å². The van der Waals surface area contributed by atoms with Crippen LogP contribution in [-0.2, 0) is 9.59 Å². The normalized spacial score (nSPS) is 11.0. The topological polar surface area (TPSA) is 101 Å². The van der Waals surface area contributed by atoms with Gasteiger partial charge < -0.3 is 9.47 Å². The summed E-state index contributed by atoms with van der Waals surface area (Å²) in [6.45, 7) is 5.59. The maximum atomic E-state index is 11.9. The van der Waals surface area contributed by atoms with Crippen molar-refractivity contribution in [2.75, 3.05) is 13.2 Å². The second-order valence-electron chi connectivity index (χ2n) is 7.31. The lowest BCUT2D eigenvalue weighted by atomic mass is 10.2. The first-order chi connectivity index (χ1) is 16.1. The minimum absolute atomic E-state index is 0.386. The lowest BCUT2D eigenvalue weighted by Gasteiger charge is -2.05. The van der Waals surface area contributed by atoms with Crippen molar-refractivity contribution < 1.29 is 19.1 Å². The van der Waals surface area contributed by atoms with Crippen molar-refractivity contribution in [2.24, 2.45) is 10.2 Å². The monoisotopic (exact) mass is 452 g/mol. The van der Waals surface area contributed by atoms with Crippen LogP contribution in [0.15, 0.2) is 58.7 Å². The smallest absolute Gasteiger partial charge is 0.249 e. The minimum atomic E-state index is -0.535. The summed E-state index contributed by atoms with van der Waals surface area (Å²) in [7, 11) is 0. The number of hydrogen-bond acceptors (Lipinski definition) is 6. The van der Waals surface area contributed by atoms with E-state index in [2.05, 4.69) is 34.9 Å². The van der Waals surface area contributed by atoms with Crippen molar-refractivity contribution in [1.29, 1.82) is 0 Å². The van der Waals surface area contributed by atoms with Crippen LogP contribution in [0.1, 0.15) is 57.1 Å². The highest BCUT2D eigenvalue weighted by molar-refractivity contribution is 5.97. The summed E-state index contributed by atoms with van der Waals surface area (Å²) in [6, 6.07) is 14.7. The van der Waals surface area contributed by atoms with Crippen LogP contribution in [0.3, 0.4) is 0 Å². The Balaban J connectivity index is 1.67. The molecule has 2 rings (SSSR count). The molecule has 0 aliphatic heterocycles. The van der Waals surface area contributed by atoms with Crippen LogP contribution in [0.2, 0.25) is 0 Å². The van der Waals surface area contributed by atoms with Gasteiger partial charge >= 0.3 is 0 Å². The molecular weight excluding hydrogens is 420 g/mol. The maximum Gasteiger partial charge on any atom is 0.249 e. The second-order valence-corrected chi connectivity index (χ2v) is 7.31. The van der Waals surface area contributed by atoms with Gasteiger partial charge in [-0.1, -0.05) is 26.7 Å². The van der Waals surface area contributed by atoms with Crippen molar-refractivity contribution in [2.45, 2.75) is 46.0 Å². The Morgan fingerprint density at radius 2 is 1.12 bits per heavy atom. The maximum absolute atomic E-state index is 11.9. The third-order valence-corrected chi connectivity index (χ3v) is 4.42. The zero-order chi connectivity index (χ0) is 23.7. The molecular formula is C25H32N4O4. The molecule has 33 heavy (non-hydrogen) atoms. The fourth-order valence-electron chi connectivity index (χ4n) is 2.55. The summed E-state index contributed by atoms with van der Waals surface area (Å²) in [5, 5.41) is 7.73. The number of nitrogens with zero attached hydrogens (tertiary/aromatic N) is 2. The second kappa shape index (κ2) is 15.2. The Hall–Kier alpha value is -3.68. The molecule has 8 nitrogen and oxygen atoms in total. The van der Waals surface area contributed by atoms with E-state index in [1.807, 2.05) is 48.5 Å². The third-order valence-electron chi connectivity index (χ3n) is 4.42. The molecule has 0 aromatic heterocycles. The average Bonchev–Trinajstić information content (AvgIpc) is 2.81. The highest BCUT2D eigenvalue weighted by Crippen LogP contribution is 2.12. The van der Waals surface area contributed by atoms with Crippen LogP contribution in [0.5, 0.6) is 11.5 Å².